The smallest absolute Gasteiger partial charge is 0.323 e. The topological polar surface area (TPSA) is 91.8 Å². The molecule has 0 saturated heterocycles. The van der Waals surface area contributed by atoms with Crippen LogP contribution in [0.2, 0.25) is 0 Å². The number of benzene rings is 1. The second-order valence-electron chi connectivity index (χ2n) is 5.50. The van der Waals surface area contributed by atoms with E-state index in [9.17, 15) is 18.0 Å². The van der Waals surface area contributed by atoms with Gasteiger partial charge in [0.25, 0.3) is 5.91 Å². The molecule has 6 nitrogen and oxygen atoms in total. The van der Waals surface area contributed by atoms with E-state index in [1.807, 2.05) is 6.92 Å². The zero-order valence-corrected chi connectivity index (χ0v) is 13.4. The maximum Gasteiger partial charge on any atom is 0.323 e. The third kappa shape index (κ3) is 3.65. The molecule has 1 aliphatic carbocycles. The van der Waals surface area contributed by atoms with Crippen LogP contribution < -0.4 is 0 Å². The number of sulfone groups is 1. The van der Waals surface area contributed by atoms with Crippen molar-refractivity contribution in [2.45, 2.75) is 37.1 Å². The summed E-state index contributed by atoms with van der Waals surface area (Å²) in [6.07, 6.45) is 3.22. The van der Waals surface area contributed by atoms with Crippen LogP contribution >= 0.6 is 0 Å². The largest absolute Gasteiger partial charge is 0.480 e. The van der Waals surface area contributed by atoms with Gasteiger partial charge in [-0.05, 0) is 37.0 Å². The molecule has 1 aromatic rings. The second-order valence-corrected chi connectivity index (χ2v) is 7.52. The highest BCUT2D eigenvalue weighted by Gasteiger charge is 2.35. The molecule has 2 rings (SSSR count). The first-order valence-electron chi connectivity index (χ1n) is 7.09. The Bertz CT molecular complexity index is 707. The first-order chi connectivity index (χ1) is 10.2. The fourth-order valence-corrected chi connectivity index (χ4v) is 2.99. The highest BCUT2D eigenvalue weighted by atomic mass is 32.2. The Hall–Kier alpha value is -1.89. The third-order valence-electron chi connectivity index (χ3n) is 3.67. The molecule has 1 amide bonds. The quantitative estimate of drug-likeness (QED) is 0.852. The van der Waals surface area contributed by atoms with Gasteiger partial charge in [0.15, 0.2) is 9.84 Å². The van der Waals surface area contributed by atoms with Gasteiger partial charge in [-0.3, -0.25) is 9.59 Å². The van der Waals surface area contributed by atoms with Gasteiger partial charge >= 0.3 is 5.97 Å². The Kier molecular flexibility index (Phi) is 4.55. The number of carboxylic acids is 1. The number of amides is 1. The highest BCUT2D eigenvalue weighted by Crippen LogP contribution is 2.29. The van der Waals surface area contributed by atoms with Crippen molar-refractivity contribution >= 4 is 21.7 Å². The Morgan fingerprint density at radius 1 is 1.32 bits per heavy atom. The number of aryl methyl sites for hydroxylation is 1. The third-order valence-corrected chi connectivity index (χ3v) is 4.79. The van der Waals surface area contributed by atoms with Gasteiger partial charge in [0.1, 0.15) is 6.54 Å². The van der Waals surface area contributed by atoms with E-state index in [1.165, 1.54) is 17.0 Å². The van der Waals surface area contributed by atoms with E-state index in [2.05, 4.69) is 0 Å². The van der Waals surface area contributed by atoms with Gasteiger partial charge in [0, 0.05) is 17.9 Å². The molecule has 120 valence electrons. The molecule has 0 spiro atoms. The predicted octanol–water partition coefficient (Wildman–Crippen LogP) is 1.34. The van der Waals surface area contributed by atoms with Gasteiger partial charge in [-0.25, -0.2) is 8.42 Å². The summed E-state index contributed by atoms with van der Waals surface area (Å²) >= 11 is 0. The molecule has 22 heavy (non-hydrogen) atoms. The van der Waals surface area contributed by atoms with Crippen molar-refractivity contribution in [2.75, 3.05) is 12.8 Å². The maximum absolute atomic E-state index is 12.7. The summed E-state index contributed by atoms with van der Waals surface area (Å²) in [6, 6.07) is 4.39. The molecule has 0 radical (unpaired) electrons. The van der Waals surface area contributed by atoms with Gasteiger partial charge in [-0.2, -0.15) is 0 Å². The van der Waals surface area contributed by atoms with E-state index in [1.54, 1.807) is 6.07 Å². The molecule has 1 saturated carbocycles. The highest BCUT2D eigenvalue weighted by molar-refractivity contribution is 7.90. The molecular weight excluding hydrogens is 306 g/mol. The van der Waals surface area contributed by atoms with Crippen LogP contribution in [0.3, 0.4) is 0 Å². The van der Waals surface area contributed by atoms with Crippen molar-refractivity contribution in [3.05, 3.63) is 29.3 Å². The number of hydrogen-bond donors (Lipinski definition) is 1. The van der Waals surface area contributed by atoms with Crippen LogP contribution in [0.25, 0.3) is 0 Å². The Morgan fingerprint density at radius 3 is 2.41 bits per heavy atom. The van der Waals surface area contributed by atoms with Crippen molar-refractivity contribution in [1.82, 2.24) is 4.90 Å². The van der Waals surface area contributed by atoms with E-state index in [4.69, 9.17) is 5.11 Å². The number of carbonyl (C=O) groups is 2. The number of hydrogen-bond acceptors (Lipinski definition) is 4. The number of carbonyl (C=O) groups excluding carboxylic acids is 1. The Morgan fingerprint density at radius 2 is 1.95 bits per heavy atom. The fourth-order valence-electron chi connectivity index (χ4n) is 2.35. The van der Waals surface area contributed by atoms with E-state index in [0.717, 1.165) is 19.1 Å². The lowest BCUT2D eigenvalue weighted by Crippen LogP contribution is -2.38. The maximum atomic E-state index is 12.7. The summed E-state index contributed by atoms with van der Waals surface area (Å²) in [6.45, 7) is 1.50. The lowest BCUT2D eigenvalue weighted by atomic mass is 10.0. The van der Waals surface area contributed by atoms with E-state index >= 15 is 0 Å². The van der Waals surface area contributed by atoms with Crippen LogP contribution in [0, 0.1) is 0 Å². The lowest BCUT2D eigenvalue weighted by molar-refractivity contribution is -0.137. The van der Waals surface area contributed by atoms with E-state index < -0.39 is 21.7 Å². The number of rotatable bonds is 6. The molecule has 0 aliphatic heterocycles. The lowest BCUT2D eigenvalue weighted by Gasteiger charge is -2.22. The monoisotopic (exact) mass is 325 g/mol. The molecule has 0 bridgehead atoms. The molecule has 1 N–H and O–H groups in total. The molecule has 7 heteroatoms. The van der Waals surface area contributed by atoms with Gasteiger partial charge in [-0.1, -0.05) is 13.0 Å². The zero-order valence-electron chi connectivity index (χ0n) is 12.6. The minimum Gasteiger partial charge on any atom is -0.480 e. The standard InChI is InChI=1S/C15H19NO5S/c1-3-10-4-7-12(22(2,20)21)8-13(10)15(19)16(9-14(17)18)11-5-6-11/h4,7-8,11H,3,5-6,9H2,1-2H3,(H,17,18). The van der Waals surface area contributed by atoms with Gasteiger partial charge < -0.3 is 10.0 Å². The normalized spacial score (nSPS) is 14.6. The molecular formula is C15H19NO5S. The van der Waals surface area contributed by atoms with Crippen molar-refractivity contribution < 1.29 is 23.1 Å². The van der Waals surface area contributed by atoms with Crippen molar-refractivity contribution in [2.24, 2.45) is 0 Å². The van der Waals surface area contributed by atoms with Crippen molar-refractivity contribution in [3.63, 3.8) is 0 Å². The van der Waals surface area contributed by atoms with Gasteiger partial charge in [0.05, 0.1) is 4.90 Å². The minimum absolute atomic E-state index is 0.0600. The van der Waals surface area contributed by atoms with Crippen molar-refractivity contribution in [3.8, 4) is 0 Å². The van der Waals surface area contributed by atoms with Crippen LogP contribution in [0.1, 0.15) is 35.7 Å². The van der Waals surface area contributed by atoms with Gasteiger partial charge in [-0.15, -0.1) is 0 Å². The molecule has 1 aliphatic rings. The molecule has 0 unspecified atom stereocenters. The summed E-state index contributed by atoms with van der Waals surface area (Å²) in [5.41, 5.74) is 0.993. The van der Waals surface area contributed by atoms with Crippen molar-refractivity contribution in [1.29, 1.82) is 0 Å². The van der Waals surface area contributed by atoms with Crippen LogP contribution in [-0.4, -0.2) is 49.1 Å². The first kappa shape index (κ1) is 16.5. The second kappa shape index (κ2) is 6.08. The summed E-state index contributed by atoms with van der Waals surface area (Å²) in [7, 11) is -3.42. The molecule has 0 atom stereocenters. The number of carboxylic acid groups (broad SMARTS) is 1. The summed E-state index contributed by atoms with van der Waals surface area (Å²) in [5.74, 6) is -1.48. The minimum atomic E-state index is -3.42. The zero-order chi connectivity index (χ0) is 16.5. The first-order valence-corrected chi connectivity index (χ1v) is 8.99. The summed E-state index contributed by atoms with van der Waals surface area (Å²) in [4.78, 5) is 25.0. The molecule has 1 aromatic carbocycles. The summed E-state index contributed by atoms with van der Waals surface area (Å²) < 4.78 is 23.4. The van der Waals surface area contributed by atoms with Crippen LogP contribution in [0.4, 0.5) is 0 Å². The predicted molar refractivity (Wildman–Crippen MR) is 80.6 cm³/mol. The molecule has 0 aromatic heterocycles. The van der Waals surface area contributed by atoms with E-state index in [0.29, 0.717) is 12.0 Å². The number of aliphatic carboxylic acids is 1. The summed E-state index contributed by atoms with van der Waals surface area (Å²) in [5, 5.41) is 8.98. The SMILES string of the molecule is CCc1ccc(S(C)(=O)=O)cc1C(=O)N(CC(=O)O)C1CC1. The fraction of sp³-hybridized carbons (Fsp3) is 0.467. The molecule has 0 heterocycles. The van der Waals surface area contributed by atoms with Crippen LogP contribution in [0.5, 0.6) is 0 Å². The molecule has 1 fully saturated rings. The van der Waals surface area contributed by atoms with E-state index in [-0.39, 0.29) is 23.0 Å². The average molecular weight is 325 g/mol. The number of nitrogens with zero attached hydrogens (tertiary/aromatic N) is 1. The van der Waals surface area contributed by atoms with Crippen LogP contribution in [0.15, 0.2) is 23.1 Å². The Balaban J connectivity index is 2.44. The van der Waals surface area contributed by atoms with Gasteiger partial charge in [0.2, 0.25) is 0 Å². The average Bonchev–Trinajstić information content (AvgIpc) is 3.26. The Labute approximate surface area is 129 Å². The van der Waals surface area contributed by atoms with Crippen LogP contribution in [-0.2, 0) is 21.1 Å².